The zero-order chi connectivity index (χ0) is 22.9. The fraction of sp³-hybridized carbons (Fsp3) is 0.125. The van der Waals surface area contributed by atoms with Gasteiger partial charge in [-0.25, -0.2) is 9.36 Å². The van der Waals surface area contributed by atoms with Crippen molar-refractivity contribution in [3.63, 3.8) is 0 Å². The molecule has 1 aliphatic rings. The molecular formula is C24H19N3O4S2. The third-order valence-corrected chi connectivity index (χ3v) is 7.77. The van der Waals surface area contributed by atoms with Gasteiger partial charge in [0.2, 0.25) is 5.88 Å². The number of rotatable bonds is 4. The minimum absolute atomic E-state index is 0.00200. The lowest BCUT2D eigenvalue weighted by atomic mass is 10.1. The van der Waals surface area contributed by atoms with Crippen LogP contribution in [0.3, 0.4) is 0 Å². The summed E-state index contributed by atoms with van der Waals surface area (Å²) in [5.74, 6) is -0.0885. The highest BCUT2D eigenvalue weighted by Gasteiger charge is 2.28. The number of aromatic hydroxyl groups is 1. The van der Waals surface area contributed by atoms with E-state index in [4.69, 9.17) is 9.73 Å². The maximum atomic E-state index is 13.0. The average Bonchev–Trinajstić information content (AvgIpc) is 3.28. The predicted octanol–water partition coefficient (Wildman–Crippen LogP) is 4.66. The van der Waals surface area contributed by atoms with Crippen LogP contribution in [-0.4, -0.2) is 27.5 Å². The Hall–Kier alpha value is -3.56. The van der Waals surface area contributed by atoms with Crippen molar-refractivity contribution in [2.45, 2.75) is 16.6 Å². The van der Waals surface area contributed by atoms with E-state index < -0.39 is 17.1 Å². The minimum atomic E-state index is -0.760. The maximum Gasteiger partial charge on any atom is 0.335 e. The van der Waals surface area contributed by atoms with Crippen molar-refractivity contribution in [1.82, 2.24) is 9.55 Å². The first-order valence-corrected chi connectivity index (χ1v) is 11.9. The number of hydrogen-bond acceptors (Lipinski definition) is 7. The molecule has 0 saturated heterocycles. The topological polar surface area (TPSA) is 96.7 Å². The number of methoxy groups -OCH3 is 1. The maximum absolute atomic E-state index is 13.0. The van der Waals surface area contributed by atoms with Crippen LogP contribution in [0.1, 0.15) is 22.1 Å². The van der Waals surface area contributed by atoms with Gasteiger partial charge in [-0.3, -0.25) is 14.8 Å². The van der Waals surface area contributed by atoms with Crippen molar-refractivity contribution in [3.05, 3.63) is 97.3 Å². The van der Waals surface area contributed by atoms with E-state index in [-0.39, 0.29) is 10.8 Å². The number of aliphatic imine (C=N–C) groups is 1. The number of para-hydroxylation sites is 3. The number of aromatic nitrogens is 2. The van der Waals surface area contributed by atoms with E-state index in [1.165, 1.54) is 7.11 Å². The summed E-state index contributed by atoms with van der Waals surface area (Å²) in [6.45, 7) is 0. The largest absolute Gasteiger partial charge is 0.495 e. The average molecular weight is 478 g/mol. The van der Waals surface area contributed by atoms with Gasteiger partial charge in [-0.15, -0.1) is 23.1 Å². The van der Waals surface area contributed by atoms with E-state index in [2.05, 4.69) is 4.98 Å². The van der Waals surface area contributed by atoms with Crippen molar-refractivity contribution < 1.29 is 9.84 Å². The van der Waals surface area contributed by atoms with E-state index in [0.29, 0.717) is 29.3 Å². The van der Waals surface area contributed by atoms with Gasteiger partial charge in [-0.2, -0.15) is 0 Å². The fourth-order valence-electron chi connectivity index (χ4n) is 3.83. The molecule has 166 valence electrons. The van der Waals surface area contributed by atoms with Crippen LogP contribution in [0.5, 0.6) is 11.6 Å². The molecule has 2 aromatic carbocycles. The van der Waals surface area contributed by atoms with Crippen LogP contribution >= 0.6 is 23.1 Å². The van der Waals surface area contributed by atoms with Gasteiger partial charge in [0.25, 0.3) is 5.56 Å². The molecule has 7 nitrogen and oxygen atoms in total. The second kappa shape index (κ2) is 8.76. The summed E-state index contributed by atoms with van der Waals surface area (Å²) < 4.78 is 6.41. The molecule has 4 aromatic rings. The number of fused-ring (bicyclic) bond motifs is 1. The summed E-state index contributed by atoms with van der Waals surface area (Å²) in [5, 5.41) is 13.2. The number of H-pyrrole nitrogens is 1. The standard InChI is InChI=1S/C24H19N3O4S2/c1-31-17-9-4-3-8-16(17)27-23(29)21(22(28)26-24(27)30)15-13-20(19-11-6-12-32-19)33-18-10-5-2-7-14(18)25-15/h2-12,20,29H,13H2,1H3,(H,26,28,30). The summed E-state index contributed by atoms with van der Waals surface area (Å²) >= 11 is 3.30. The lowest BCUT2D eigenvalue weighted by molar-refractivity contribution is 0.401. The van der Waals surface area contributed by atoms with Crippen molar-refractivity contribution in [2.75, 3.05) is 7.11 Å². The Morgan fingerprint density at radius 3 is 2.67 bits per heavy atom. The summed E-state index contributed by atoms with van der Waals surface area (Å²) in [5.41, 5.74) is -0.0296. The van der Waals surface area contributed by atoms with Crippen LogP contribution in [0.2, 0.25) is 0 Å². The highest BCUT2D eigenvalue weighted by atomic mass is 32.2. The summed E-state index contributed by atoms with van der Waals surface area (Å²) in [7, 11) is 1.47. The van der Waals surface area contributed by atoms with Crippen LogP contribution in [-0.2, 0) is 0 Å². The van der Waals surface area contributed by atoms with Gasteiger partial charge in [0.1, 0.15) is 11.3 Å². The highest BCUT2D eigenvalue weighted by molar-refractivity contribution is 7.99. The van der Waals surface area contributed by atoms with E-state index in [9.17, 15) is 14.7 Å². The van der Waals surface area contributed by atoms with Gasteiger partial charge in [0.15, 0.2) is 0 Å². The Balaban J connectivity index is 1.74. The van der Waals surface area contributed by atoms with Gasteiger partial charge in [0.05, 0.1) is 24.2 Å². The molecule has 0 spiro atoms. The molecule has 0 bridgehead atoms. The monoisotopic (exact) mass is 477 g/mol. The molecular weight excluding hydrogens is 458 g/mol. The number of benzene rings is 2. The molecule has 9 heteroatoms. The van der Waals surface area contributed by atoms with E-state index in [1.54, 1.807) is 47.4 Å². The molecule has 5 rings (SSSR count). The molecule has 1 unspecified atom stereocenters. The Morgan fingerprint density at radius 1 is 1.09 bits per heavy atom. The molecule has 33 heavy (non-hydrogen) atoms. The Bertz CT molecular complexity index is 1470. The predicted molar refractivity (Wildman–Crippen MR) is 131 cm³/mol. The Labute approximate surface area is 197 Å². The van der Waals surface area contributed by atoms with Gasteiger partial charge < -0.3 is 9.84 Å². The molecule has 0 radical (unpaired) electrons. The van der Waals surface area contributed by atoms with E-state index in [0.717, 1.165) is 14.3 Å². The number of thioether (sulfide) groups is 1. The number of aromatic amines is 1. The molecule has 2 N–H and O–H groups in total. The van der Waals surface area contributed by atoms with Crippen molar-refractivity contribution in [1.29, 1.82) is 0 Å². The SMILES string of the molecule is COc1ccccc1-n1c(O)c(C2=Nc3ccccc3SC(c3cccs3)C2)c(=O)[nH]c1=O. The van der Waals surface area contributed by atoms with Crippen molar-refractivity contribution in [2.24, 2.45) is 4.99 Å². The smallest absolute Gasteiger partial charge is 0.335 e. The zero-order valence-corrected chi connectivity index (χ0v) is 19.2. The van der Waals surface area contributed by atoms with Gasteiger partial charge in [0, 0.05) is 21.4 Å². The van der Waals surface area contributed by atoms with Crippen LogP contribution in [0.25, 0.3) is 5.69 Å². The molecule has 3 heterocycles. The second-order valence-electron chi connectivity index (χ2n) is 7.32. The fourth-order valence-corrected chi connectivity index (χ4v) is 5.98. The van der Waals surface area contributed by atoms with Gasteiger partial charge >= 0.3 is 5.69 Å². The first kappa shape index (κ1) is 21.3. The lowest BCUT2D eigenvalue weighted by Crippen LogP contribution is -2.33. The van der Waals surface area contributed by atoms with Crippen LogP contribution in [0, 0.1) is 0 Å². The molecule has 0 aliphatic carbocycles. The van der Waals surface area contributed by atoms with Gasteiger partial charge in [-0.1, -0.05) is 30.3 Å². The normalized spacial score (nSPS) is 15.4. The number of nitrogens with one attached hydrogen (secondary N) is 1. The second-order valence-corrected chi connectivity index (χ2v) is 9.54. The number of hydrogen-bond donors (Lipinski definition) is 2. The third kappa shape index (κ3) is 3.90. The number of ether oxygens (including phenoxy) is 1. The van der Waals surface area contributed by atoms with Crippen molar-refractivity contribution >= 4 is 34.5 Å². The summed E-state index contributed by atoms with van der Waals surface area (Å²) in [6.07, 6.45) is 0.403. The zero-order valence-electron chi connectivity index (χ0n) is 17.5. The summed E-state index contributed by atoms with van der Waals surface area (Å²) in [4.78, 5) is 34.9. The highest BCUT2D eigenvalue weighted by Crippen LogP contribution is 2.46. The third-order valence-electron chi connectivity index (χ3n) is 5.33. The molecule has 0 amide bonds. The summed E-state index contributed by atoms with van der Waals surface area (Å²) in [6, 6.07) is 18.5. The molecule has 1 atom stereocenters. The molecule has 0 fully saturated rings. The minimum Gasteiger partial charge on any atom is -0.495 e. The molecule has 1 aliphatic heterocycles. The molecule has 2 aromatic heterocycles. The van der Waals surface area contributed by atoms with Gasteiger partial charge in [-0.05, 0) is 35.7 Å². The Morgan fingerprint density at radius 2 is 1.88 bits per heavy atom. The Kier molecular flexibility index (Phi) is 5.65. The number of nitrogens with zero attached hydrogens (tertiary/aromatic N) is 2. The number of thiophene rings is 1. The van der Waals surface area contributed by atoms with Crippen molar-refractivity contribution in [3.8, 4) is 17.3 Å². The first-order chi connectivity index (χ1) is 16.1. The quantitative estimate of drug-likeness (QED) is 0.446. The lowest BCUT2D eigenvalue weighted by Gasteiger charge is -2.16. The van der Waals surface area contributed by atoms with Crippen LogP contribution in [0.15, 0.2) is 85.5 Å². The van der Waals surface area contributed by atoms with Crippen LogP contribution < -0.4 is 16.0 Å². The van der Waals surface area contributed by atoms with E-state index >= 15 is 0 Å². The van der Waals surface area contributed by atoms with Crippen LogP contribution in [0.4, 0.5) is 5.69 Å². The van der Waals surface area contributed by atoms with E-state index in [1.807, 2.05) is 41.8 Å². The molecule has 0 saturated carbocycles. The first-order valence-electron chi connectivity index (χ1n) is 10.2.